The van der Waals surface area contributed by atoms with Gasteiger partial charge in [0.1, 0.15) is 0 Å². The molecule has 2 rings (SSSR count). The van der Waals surface area contributed by atoms with Gasteiger partial charge in [-0.25, -0.2) is 0 Å². The Balaban J connectivity index is 1.93. The minimum atomic E-state index is -0.154. The second-order valence-electron chi connectivity index (χ2n) is 4.92. The molecule has 0 saturated heterocycles. The molecule has 0 aliphatic carbocycles. The zero-order valence-corrected chi connectivity index (χ0v) is 13.8. The molecule has 0 bridgehead atoms. The SMILES string of the molecule is CCC(NCC(=O)Nc1cc(Cl)ccc1Cl)c1ccccc1. The van der Waals surface area contributed by atoms with Crippen molar-refractivity contribution in [2.24, 2.45) is 0 Å². The van der Waals surface area contributed by atoms with E-state index in [0.717, 1.165) is 6.42 Å². The minimum absolute atomic E-state index is 0.141. The molecule has 1 unspecified atom stereocenters. The number of anilines is 1. The fourth-order valence-corrected chi connectivity index (χ4v) is 2.52. The van der Waals surface area contributed by atoms with Crippen LogP contribution in [0.15, 0.2) is 48.5 Å². The second kappa shape index (κ2) is 8.18. The largest absolute Gasteiger partial charge is 0.324 e. The first-order valence-corrected chi connectivity index (χ1v) is 7.89. The average molecular weight is 337 g/mol. The molecule has 0 saturated carbocycles. The summed E-state index contributed by atoms with van der Waals surface area (Å²) in [6.07, 6.45) is 0.898. The Hall–Kier alpha value is -1.55. The van der Waals surface area contributed by atoms with E-state index in [0.29, 0.717) is 15.7 Å². The van der Waals surface area contributed by atoms with Crippen LogP contribution in [-0.2, 0) is 4.79 Å². The highest BCUT2D eigenvalue weighted by Gasteiger charge is 2.11. The number of hydrogen-bond acceptors (Lipinski definition) is 2. The highest BCUT2D eigenvalue weighted by Crippen LogP contribution is 2.25. The third-order valence-electron chi connectivity index (χ3n) is 3.32. The van der Waals surface area contributed by atoms with Gasteiger partial charge in [0.15, 0.2) is 0 Å². The molecule has 0 aliphatic heterocycles. The summed E-state index contributed by atoms with van der Waals surface area (Å²) in [4.78, 5) is 12.1. The van der Waals surface area contributed by atoms with Gasteiger partial charge < -0.3 is 10.6 Å². The van der Waals surface area contributed by atoms with E-state index in [1.54, 1.807) is 18.2 Å². The lowest BCUT2D eigenvalue weighted by Gasteiger charge is -2.17. The number of nitrogens with one attached hydrogen (secondary N) is 2. The first-order valence-electron chi connectivity index (χ1n) is 7.13. The van der Waals surface area contributed by atoms with E-state index in [1.165, 1.54) is 5.56 Å². The van der Waals surface area contributed by atoms with Crippen molar-refractivity contribution in [2.75, 3.05) is 11.9 Å². The highest BCUT2D eigenvalue weighted by atomic mass is 35.5. The molecule has 0 fully saturated rings. The van der Waals surface area contributed by atoms with Crippen molar-refractivity contribution in [3.8, 4) is 0 Å². The fourth-order valence-electron chi connectivity index (χ4n) is 2.19. The van der Waals surface area contributed by atoms with Gasteiger partial charge in [-0.1, -0.05) is 60.5 Å². The predicted molar refractivity (Wildman–Crippen MR) is 92.6 cm³/mol. The Morgan fingerprint density at radius 3 is 2.55 bits per heavy atom. The van der Waals surface area contributed by atoms with Gasteiger partial charge in [0.25, 0.3) is 0 Å². The monoisotopic (exact) mass is 336 g/mol. The van der Waals surface area contributed by atoms with Crippen LogP contribution in [0.3, 0.4) is 0 Å². The molecule has 0 radical (unpaired) electrons. The number of hydrogen-bond donors (Lipinski definition) is 2. The topological polar surface area (TPSA) is 41.1 Å². The zero-order chi connectivity index (χ0) is 15.9. The minimum Gasteiger partial charge on any atom is -0.324 e. The smallest absolute Gasteiger partial charge is 0.238 e. The van der Waals surface area contributed by atoms with Gasteiger partial charge in [-0.15, -0.1) is 0 Å². The highest BCUT2D eigenvalue weighted by molar-refractivity contribution is 6.35. The molecule has 116 valence electrons. The summed E-state index contributed by atoms with van der Waals surface area (Å²) >= 11 is 11.9. The molecule has 3 nitrogen and oxygen atoms in total. The number of amides is 1. The Morgan fingerprint density at radius 1 is 1.14 bits per heavy atom. The normalized spacial score (nSPS) is 12.0. The molecule has 22 heavy (non-hydrogen) atoms. The molecule has 0 heterocycles. The maximum atomic E-state index is 12.1. The summed E-state index contributed by atoms with van der Waals surface area (Å²) in [6, 6.07) is 15.2. The molecule has 2 N–H and O–H groups in total. The van der Waals surface area contributed by atoms with Gasteiger partial charge in [0.2, 0.25) is 5.91 Å². The van der Waals surface area contributed by atoms with Crippen LogP contribution in [0.25, 0.3) is 0 Å². The number of carbonyl (C=O) groups excluding carboxylic acids is 1. The Bertz CT molecular complexity index is 632. The van der Waals surface area contributed by atoms with Crippen LogP contribution < -0.4 is 10.6 Å². The lowest BCUT2D eigenvalue weighted by atomic mass is 10.0. The third kappa shape index (κ3) is 4.73. The van der Waals surface area contributed by atoms with Crippen LogP contribution in [0.4, 0.5) is 5.69 Å². The van der Waals surface area contributed by atoms with E-state index in [-0.39, 0.29) is 18.5 Å². The van der Waals surface area contributed by atoms with Crippen molar-refractivity contribution in [1.82, 2.24) is 5.32 Å². The van der Waals surface area contributed by atoms with Crippen LogP contribution in [0.1, 0.15) is 24.9 Å². The number of rotatable bonds is 6. The molecule has 0 aliphatic rings. The van der Waals surface area contributed by atoms with Crippen LogP contribution in [0.2, 0.25) is 10.0 Å². The standard InChI is InChI=1S/C17H18Cl2N2O/c1-2-15(12-6-4-3-5-7-12)20-11-17(22)21-16-10-13(18)8-9-14(16)19/h3-10,15,20H,2,11H2,1H3,(H,21,22). The van der Waals surface area contributed by atoms with Gasteiger partial charge in [-0.3, -0.25) is 4.79 Å². The van der Waals surface area contributed by atoms with Crippen LogP contribution in [0.5, 0.6) is 0 Å². The van der Waals surface area contributed by atoms with E-state index >= 15 is 0 Å². The summed E-state index contributed by atoms with van der Waals surface area (Å²) in [5, 5.41) is 7.01. The zero-order valence-electron chi connectivity index (χ0n) is 12.3. The predicted octanol–water partition coefficient (Wildman–Crippen LogP) is 4.67. The summed E-state index contributed by atoms with van der Waals surface area (Å²) in [5.41, 5.74) is 1.69. The molecule has 0 aromatic heterocycles. The summed E-state index contributed by atoms with van der Waals surface area (Å²) in [5.74, 6) is -0.154. The molecular formula is C17H18Cl2N2O. The molecule has 1 amide bonds. The molecule has 0 spiro atoms. The Kier molecular flexibility index (Phi) is 6.25. The van der Waals surface area contributed by atoms with Crippen molar-refractivity contribution >= 4 is 34.8 Å². The van der Waals surface area contributed by atoms with E-state index in [1.807, 2.05) is 30.3 Å². The Morgan fingerprint density at radius 2 is 1.86 bits per heavy atom. The average Bonchev–Trinajstić information content (AvgIpc) is 2.52. The lowest BCUT2D eigenvalue weighted by Crippen LogP contribution is -2.31. The first kappa shape index (κ1) is 16.8. The van der Waals surface area contributed by atoms with E-state index < -0.39 is 0 Å². The van der Waals surface area contributed by atoms with Gasteiger partial charge in [-0.2, -0.15) is 0 Å². The summed E-state index contributed by atoms with van der Waals surface area (Å²) in [7, 11) is 0. The number of benzene rings is 2. The summed E-state index contributed by atoms with van der Waals surface area (Å²) in [6.45, 7) is 2.28. The molecule has 2 aromatic rings. The van der Waals surface area contributed by atoms with E-state index in [4.69, 9.17) is 23.2 Å². The van der Waals surface area contributed by atoms with Crippen LogP contribution in [-0.4, -0.2) is 12.5 Å². The number of halogens is 2. The van der Waals surface area contributed by atoms with Gasteiger partial charge in [0, 0.05) is 11.1 Å². The van der Waals surface area contributed by atoms with Crippen molar-refractivity contribution in [3.63, 3.8) is 0 Å². The fraction of sp³-hybridized carbons (Fsp3) is 0.235. The molecule has 2 aromatic carbocycles. The lowest BCUT2D eigenvalue weighted by molar-refractivity contribution is -0.115. The van der Waals surface area contributed by atoms with Crippen molar-refractivity contribution in [1.29, 1.82) is 0 Å². The van der Waals surface area contributed by atoms with Gasteiger partial charge in [0.05, 0.1) is 17.3 Å². The summed E-state index contributed by atoms with van der Waals surface area (Å²) < 4.78 is 0. The quantitative estimate of drug-likeness (QED) is 0.804. The van der Waals surface area contributed by atoms with Crippen molar-refractivity contribution < 1.29 is 4.79 Å². The maximum Gasteiger partial charge on any atom is 0.238 e. The molecular weight excluding hydrogens is 319 g/mol. The van der Waals surface area contributed by atoms with E-state index in [9.17, 15) is 4.79 Å². The van der Waals surface area contributed by atoms with Gasteiger partial charge in [-0.05, 0) is 30.2 Å². The molecule has 1 atom stereocenters. The van der Waals surface area contributed by atoms with Crippen LogP contribution in [0, 0.1) is 0 Å². The van der Waals surface area contributed by atoms with E-state index in [2.05, 4.69) is 17.6 Å². The Labute approximate surface area is 140 Å². The first-order chi connectivity index (χ1) is 10.6. The van der Waals surface area contributed by atoms with Gasteiger partial charge >= 0.3 is 0 Å². The maximum absolute atomic E-state index is 12.1. The third-order valence-corrected chi connectivity index (χ3v) is 3.89. The van der Waals surface area contributed by atoms with Crippen LogP contribution >= 0.6 is 23.2 Å². The molecule has 5 heteroatoms. The second-order valence-corrected chi connectivity index (χ2v) is 5.77. The number of carbonyl (C=O) groups is 1. The van der Waals surface area contributed by atoms with Crippen molar-refractivity contribution in [2.45, 2.75) is 19.4 Å². The van der Waals surface area contributed by atoms with Crippen molar-refractivity contribution in [3.05, 3.63) is 64.1 Å².